The summed E-state index contributed by atoms with van der Waals surface area (Å²) in [6, 6.07) is 0. The van der Waals surface area contributed by atoms with Crippen LogP contribution in [-0.2, 0) is 0 Å². The van der Waals surface area contributed by atoms with Gasteiger partial charge < -0.3 is 10.2 Å². The predicted molar refractivity (Wildman–Crippen MR) is 66.2 cm³/mol. The van der Waals surface area contributed by atoms with E-state index in [0.717, 1.165) is 0 Å². The van der Waals surface area contributed by atoms with Gasteiger partial charge in [0.2, 0.25) is 0 Å². The van der Waals surface area contributed by atoms with Gasteiger partial charge in [0.1, 0.15) is 0 Å². The van der Waals surface area contributed by atoms with Crippen molar-refractivity contribution in [3.8, 4) is 0 Å². The molecule has 0 bridgehead atoms. The lowest BCUT2D eigenvalue weighted by Crippen LogP contribution is -2.63. The first kappa shape index (κ1) is 12.4. The molecule has 0 aromatic carbocycles. The van der Waals surface area contributed by atoms with Crippen LogP contribution in [0.2, 0.25) is 50.4 Å². The molecule has 1 aliphatic carbocycles. The molecular formula is C10H24O2Si2. The first-order chi connectivity index (χ1) is 6.07. The zero-order valence-electron chi connectivity index (χ0n) is 10.2. The molecule has 1 saturated carbocycles. The molecule has 0 amide bonds. The molecule has 0 aliphatic heterocycles. The molecule has 2 nitrogen and oxygen atoms in total. The molecule has 0 spiro atoms. The van der Waals surface area contributed by atoms with Crippen LogP contribution >= 0.6 is 0 Å². The van der Waals surface area contributed by atoms with Crippen LogP contribution in [-0.4, -0.2) is 38.6 Å². The van der Waals surface area contributed by atoms with Gasteiger partial charge in [0.05, 0.1) is 28.4 Å². The predicted octanol–water partition coefficient (Wildman–Crippen LogP) is 2.14. The maximum absolute atomic E-state index is 9.85. The monoisotopic (exact) mass is 232 g/mol. The van der Waals surface area contributed by atoms with Crippen molar-refractivity contribution in [3.05, 3.63) is 0 Å². The van der Waals surface area contributed by atoms with E-state index in [2.05, 4.69) is 39.3 Å². The molecule has 0 saturated heterocycles. The van der Waals surface area contributed by atoms with Crippen molar-refractivity contribution in [1.82, 2.24) is 0 Å². The highest BCUT2D eigenvalue weighted by molar-refractivity contribution is 6.84. The summed E-state index contributed by atoms with van der Waals surface area (Å²) in [5, 5.41) is 19.7. The molecule has 84 valence electrons. The van der Waals surface area contributed by atoms with Crippen molar-refractivity contribution >= 4 is 16.1 Å². The number of hydrogen-bond acceptors (Lipinski definition) is 2. The van der Waals surface area contributed by atoms with E-state index < -0.39 is 28.4 Å². The third-order valence-electron chi connectivity index (χ3n) is 3.47. The Hall–Kier alpha value is 0.354. The third kappa shape index (κ3) is 1.98. The van der Waals surface area contributed by atoms with Crippen molar-refractivity contribution in [2.24, 2.45) is 0 Å². The van der Waals surface area contributed by atoms with Gasteiger partial charge in [-0.2, -0.15) is 0 Å². The van der Waals surface area contributed by atoms with Crippen LogP contribution in [0.25, 0.3) is 0 Å². The highest BCUT2D eigenvalue weighted by Gasteiger charge is 2.58. The fraction of sp³-hybridized carbons (Fsp3) is 1.00. The second-order valence-electron chi connectivity index (χ2n) is 6.76. The summed E-state index contributed by atoms with van der Waals surface area (Å²) >= 11 is 0. The van der Waals surface area contributed by atoms with Gasteiger partial charge in [0, 0.05) is 0 Å². The molecular weight excluding hydrogens is 208 g/mol. The van der Waals surface area contributed by atoms with Crippen molar-refractivity contribution in [1.29, 1.82) is 0 Å². The molecule has 0 aromatic rings. The largest absolute Gasteiger partial charge is 0.390 e. The van der Waals surface area contributed by atoms with Gasteiger partial charge in [-0.05, 0) is 11.1 Å². The molecule has 1 rings (SSSR count). The first-order valence-corrected chi connectivity index (χ1v) is 12.6. The van der Waals surface area contributed by atoms with E-state index in [1.54, 1.807) is 0 Å². The summed E-state index contributed by atoms with van der Waals surface area (Å²) in [4.78, 5) is 0. The van der Waals surface area contributed by atoms with E-state index in [0.29, 0.717) is 11.1 Å². The SMILES string of the molecule is C[Si](C)(C)[C@@H]1[C@H](O)[C@H](O)[C@@H]1[Si](C)(C)C. The molecule has 0 unspecified atom stereocenters. The van der Waals surface area contributed by atoms with Crippen LogP contribution in [0.1, 0.15) is 0 Å². The molecule has 4 atom stereocenters. The van der Waals surface area contributed by atoms with E-state index in [9.17, 15) is 10.2 Å². The Morgan fingerprint density at radius 1 is 0.643 bits per heavy atom. The van der Waals surface area contributed by atoms with Crippen LogP contribution in [0.15, 0.2) is 0 Å². The summed E-state index contributed by atoms with van der Waals surface area (Å²) in [6.07, 6.45) is -0.892. The first-order valence-electron chi connectivity index (χ1n) is 5.43. The molecule has 14 heavy (non-hydrogen) atoms. The molecule has 2 N–H and O–H groups in total. The second kappa shape index (κ2) is 3.44. The van der Waals surface area contributed by atoms with Gasteiger partial charge >= 0.3 is 0 Å². The highest BCUT2D eigenvalue weighted by Crippen LogP contribution is 2.55. The summed E-state index contributed by atoms with van der Waals surface area (Å²) in [7, 11) is -2.65. The molecule has 0 aromatic heterocycles. The van der Waals surface area contributed by atoms with Gasteiger partial charge in [-0.1, -0.05) is 39.3 Å². The Kier molecular flexibility index (Phi) is 3.05. The highest BCUT2D eigenvalue weighted by atomic mass is 28.3. The van der Waals surface area contributed by atoms with Crippen LogP contribution < -0.4 is 0 Å². The fourth-order valence-corrected chi connectivity index (χ4v) is 10.8. The van der Waals surface area contributed by atoms with Crippen molar-refractivity contribution in [2.45, 2.75) is 62.6 Å². The molecule has 4 heteroatoms. The lowest BCUT2D eigenvalue weighted by Gasteiger charge is -2.56. The Bertz CT molecular complexity index is 193. The number of hydrogen-bond donors (Lipinski definition) is 2. The van der Waals surface area contributed by atoms with Crippen LogP contribution in [0.5, 0.6) is 0 Å². The minimum absolute atomic E-state index is 0.407. The standard InChI is InChI=1S/C10H24O2Si2/c1-13(2,3)9-7(11)8(12)10(9)14(4,5)6/h7-12H,1-6H3/t7-,8+,9-,10+. The maximum atomic E-state index is 9.85. The topological polar surface area (TPSA) is 40.5 Å². The normalized spacial score (nSPS) is 39.4. The fourth-order valence-electron chi connectivity index (χ4n) is 2.81. The van der Waals surface area contributed by atoms with Crippen molar-refractivity contribution in [3.63, 3.8) is 0 Å². The van der Waals surface area contributed by atoms with Crippen LogP contribution in [0.3, 0.4) is 0 Å². The quantitative estimate of drug-likeness (QED) is 0.716. The van der Waals surface area contributed by atoms with Gasteiger partial charge in [-0.25, -0.2) is 0 Å². The van der Waals surface area contributed by atoms with Gasteiger partial charge in [-0.3, -0.25) is 0 Å². The molecule has 1 aliphatic rings. The van der Waals surface area contributed by atoms with Gasteiger partial charge in [0.25, 0.3) is 0 Å². The Labute approximate surface area is 89.4 Å². The smallest absolute Gasteiger partial charge is 0.0804 e. The van der Waals surface area contributed by atoms with Crippen LogP contribution in [0, 0.1) is 0 Å². The Morgan fingerprint density at radius 3 is 1.00 bits per heavy atom. The van der Waals surface area contributed by atoms with Crippen LogP contribution in [0.4, 0.5) is 0 Å². The van der Waals surface area contributed by atoms with E-state index in [1.807, 2.05) is 0 Å². The maximum Gasteiger partial charge on any atom is 0.0804 e. The number of rotatable bonds is 2. The van der Waals surface area contributed by atoms with Gasteiger partial charge in [-0.15, -0.1) is 0 Å². The summed E-state index contributed by atoms with van der Waals surface area (Å²) in [5.74, 6) is 0. The zero-order valence-corrected chi connectivity index (χ0v) is 12.2. The zero-order chi connectivity index (χ0) is 11.3. The van der Waals surface area contributed by atoms with E-state index in [1.165, 1.54) is 0 Å². The average Bonchev–Trinajstić information content (AvgIpc) is 1.93. The molecule has 0 radical (unpaired) electrons. The minimum atomic E-state index is -1.33. The van der Waals surface area contributed by atoms with E-state index in [4.69, 9.17) is 0 Å². The Balaban J connectivity index is 2.86. The number of aliphatic hydroxyl groups is 2. The van der Waals surface area contributed by atoms with E-state index in [-0.39, 0.29) is 0 Å². The van der Waals surface area contributed by atoms with Crippen molar-refractivity contribution in [2.75, 3.05) is 0 Å². The molecule has 1 fully saturated rings. The Morgan fingerprint density at radius 2 is 0.857 bits per heavy atom. The average molecular weight is 232 g/mol. The minimum Gasteiger partial charge on any atom is -0.390 e. The van der Waals surface area contributed by atoms with E-state index >= 15 is 0 Å². The lowest BCUT2D eigenvalue weighted by molar-refractivity contribution is -0.0552. The molecule has 0 heterocycles. The summed E-state index contributed by atoms with van der Waals surface area (Å²) in [6.45, 7) is 13.7. The van der Waals surface area contributed by atoms with Gasteiger partial charge in [0.15, 0.2) is 0 Å². The third-order valence-corrected chi connectivity index (χ3v) is 9.21. The van der Waals surface area contributed by atoms with Crippen molar-refractivity contribution < 1.29 is 10.2 Å². The summed E-state index contributed by atoms with van der Waals surface area (Å²) in [5.41, 5.74) is 0.813. The summed E-state index contributed by atoms with van der Waals surface area (Å²) < 4.78 is 0. The number of aliphatic hydroxyl groups excluding tert-OH is 2. The second-order valence-corrected chi connectivity index (χ2v) is 17.6. The lowest BCUT2D eigenvalue weighted by atomic mass is 9.90.